The highest BCUT2D eigenvalue weighted by Crippen LogP contribution is 2.27. The second-order valence-electron chi connectivity index (χ2n) is 7.00. The minimum absolute atomic E-state index is 0.734. The van der Waals surface area contributed by atoms with E-state index < -0.39 is 0 Å². The molecule has 2 aromatic heterocycles. The van der Waals surface area contributed by atoms with Crippen LogP contribution < -0.4 is 4.90 Å². The lowest BCUT2D eigenvalue weighted by atomic mass is 9.95. The van der Waals surface area contributed by atoms with Gasteiger partial charge in [0.15, 0.2) is 0 Å². The van der Waals surface area contributed by atoms with Crippen molar-refractivity contribution in [3.8, 4) is 6.07 Å². The molecule has 0 amide bonds. The van der Waals surface area contributed by atoms with Gasteiger partial charge in [0.1, 0.15) is 17.7 Å². The molecule has 6 heteroatoms. The van der Waals surface area contributed by atoms with Crippen LogP contribution >= 0.6 is 0 Å². The van der Waals surface area contributed by atoms with Crippen molar-refractivity contribution in [1.82, 2.24) is 19.4 Å². The Kier molecular flexibility index (Phi) is 4.41. The van der Waals surface area contributed by atoms with Crippen LogP contribution in [0.2, 0.25) is 0 Å². The van der Waals surface area contributed by atoms with Crippen LogP contribution in [0.5, 0.6) is 0 Å². The largest absolute Gasteiger partial charge is 0.353 e. The van der Waals surface area contributed by atoms with E-state index in [-0.39, 0.29) is 0 Å². The smallest absolute Gasteiger partial charge is 0.146 e. The number of nitriles is 1. The van der Waals surface area contributed by atoms with Gasteiger partial charge in [-0.15, -0.1) is 0 Å². The summed E-state index contributed by atoms with van der Waals surface area (Å²) in [7, 11) is 2.04. The highest BCUT2D eigenvalue weighted by Gasteiger charge is 2.23. The maximum atomic E-state index is 9.57. The van der Waals surface area contributed by atoms with Crippen LogP contribution in [0.15, 0.2) is 18.5 Å². The van der Waals surface area contributed by atoms with E-state index in [0.717, 1.165) is 62.8 Å². The summed E-state index contributed by atoms with van der Waals surface area (Å²) in [4.78, 5) is 14.0. The van der Waals surface area contributed by atoms with E-state index in [9.17, 15) is 5.26 Å². The maximum Gasteiger partial charge on any atom is 0.146 e. The molecule has 0 bridgehead atoms. The van der Waals surface area contributed by atoms with Crippen molar-refractivity contribution in [2.75, 3.05) is 31.1 Å². The molecule has 0 N–H and O–H groups in total. The summed E-state index contributed by atoms with van der Waals surface area (Å²) >= 11 is 0. The Morgan fingerprint density at radius 1 is 1.16 bits per heavy atom. The van der Waals surface area contributed by atoms with Crippen LogP contribution in [0.3, 0.4) is 0 Å². The number of aromatic nitrogens is 3. The number of anilines is 1. The lowest BCUT2D eigenvalue weighted by Gasteiger charge is -2.36. The van der Waals surface area contributed by atoms with Gasteiger partial charge in [0.05, 0.1) is 12.1 Å². The number of rotatable bonds is 3. The number of aryl methyl sites for hydroxylation is 3. The molecule has 1 aliphatic heterocycles. The highest BCUT2D eigenvalue weighted by atomic mass is 15.3. The summed E-state index contributed by atoms with van der Waals surface area (Å²) in [6, 6.07) is 4.45. The summed E-state index contributed by atoms with van der Waals surface area (Å²) in [5, 5.41) is 9.57. The Balaban J connectivity index is 1.47. The molecular formula is C19H24N6. The predicted molar refractivity (Wildman–Crippen MR) is 96.3 cm³/mol. The lowest BCUT2D eigenvalue weighted by Crippen LogP contribution is -2.46. The minimum atomic E-state index is 0.734. The van der Waals surface area contributed by atoms with Crippen LogP contribution in [-0.4, -0.2) is 45.6 Å². The second-order valence-corrected chi connectivity index (χ2v) is 7.00. The fourth-order valence-electron chi connectivity index (χ4n) is 3.81. The van der Waals surface area contributed by atoms with Gasteiger partial charge in [-0.05, 0) is 37.3 Å². The molecule has 0 aromatic carbocycles. The standard InChI is InChI=1S/C19H24N6/c1-23-7-6-21-18(23)14-24-8-10-25(11-9-24)19-16(13-20)12-15-4-2-3-5-17(15)22-19/h6-7,12H,2-5,8-11,14H2,1H3. The zero-order chi connectivity index (χ0) is 17.2. The highest BCUT2D eigenvalue weighted by molar-refractivity contribution is 5.56. The number of nitrogens with zero attached hydrogens (tertiary/aromatic N) is 6. The SMILES string of the molecule is Cn1ccnc1CN1CCN(c2nc3c(cc2C#N)CCCC3)CC1. The van der Waals surface area contributed by atoms with Crippen molar-refractivity contribution in [1.29, 1.82) is 5.26 Å². The number of pyridine rings is 1. The molecule has 130 valence electrons. The molecule has 2 aromatic rings. The van der Waals surface area contributed by atoms with Crippen molar-refractivity contribution >= 4 is 5.82 Å². The molecule has 0 spiro atoms. The van der Waals surface area contributed by atoms with Crippen molar-refractivity contribution in [3.05, 3.63) is 41.1 Å². The van der Waals surface area contributed by atoms with E-state index in [2.05, 4.69) is 31.5 Å². The first-order valence-electron chi connectivity index (χ1n) is 9.11. The predicted octanol–water partition coefficient (Wildman–Crippen LogP) is 1.89. The van der Waals surface area contributed by atoms with E-state index in [1.165, 1.54) is 24.1 Å². The van der Waals surface area contributed by atoms with Crippen molar-refractivity contribution in [3.63, 3.8) is 0 Å². The molecule has 2 aliphatic rings. The van der Waals surface area contributed by atoms with Gasteiger partial charge in [0.25, 0.3) is 0 Å². The quantitative estimate of drug-likeness (QED) is 0.856. The Labute approximate surface area is 148 Å². The van der Waals surface area contributed by atoms with Gasteiger partial charge in [-0.25, -0.2) is 9.97 Å². The summed E-state index contributed by atoms with van der Waals surface area (Å²) in [6.45, 7) is 4.63. The molecule has 3 heterocycles. The van der Waals surface area contributed by atoms with Crippen LogP contribution in [0, 0.1) is 11.3 Å². The summed E-state index contributed by atoms with van der Waals surface area (Å²) < 4.78 is 2.07. The second kappa shape index (κ2) is 6.85. The average molecular weight is 336 g/mol. The topological polar surface area (TPSA) is 61.0 Å². The lowest BCUT2D eigenvalue weighted by molar-refractivity contribution is 0.241. The number of fused-ring (bicyclic) bond motifs is 1. The van der Waals surface area contributed by atoms with Crippen molar-refractivity contribution in [2.45, 2.75) is 32.2 Å². The molecular weight excluding hydrogens is 312 g/mol. The maximum absolute atomic E-state index is 9.57. The van der Waals surface area contributed by atoms with Crippen LogP contribution in [0.1, 0.15) is 35.5 Å². The first-order chi connectivity index (χ1) is 12.2. The molecule has 1 aliphatic carbocycles. The third kappa shape index (κ3) is 3.24. The molecule has 25 heavy (non-hydrogen) atoms. The Bertz CT molecular complexity index is 795. The molecule has 1 saturated heterocycles. The summed E-state index contributed by atoms with van der Waals surface area (Å²) in [5.74, 6) is 1.98. The first kappa shape index (κ1) is 16.1. The van der Waals surface area contributed by atoms with Crippen LogP contribution in [-0.2, 0) is 26.4 Å². The van der Waals surface area contributed by atoms with Gasteiger partial charge in [-0.1, -0.05) is 0 Å². The average Bonchev–Trinajstić information content (AvgIpc) is 3.06. The summed E-state index contributed by atoms with van der Waals surface area (Å²) in [6.07, 6.45) is 8.37. The fraction of sp³-hybridized carbons (Fsp3) is 0.526. The van der Waals surface area contributed by atoms with Gasteiger partial charge in [0, 0.05) is 51.3 Å². The van der Waals surface area contributed by atoms with E-state index in [1.54, 1.807) is 0 Å². The van der Waals surface area contributed by atoms with Crippen molar-refractivity contribution in [2.24, 2.45) is 7.05 Å². The van der Waals surface area contributed by atoms with E-state index in [4.69, 9.17) is 4.98 Å². The molecule has 6 nitrogen and oxygen atoms in total. The van der Waals surface area contributed by atoms with Gasteiger partial charge >= 0.3 is 0 Å². The number of imidazole rings is 1. The Morgan fingerprint density at radius 2 is 1.96 bits per heavy atom. The van der Waals surface area contributed by atoms with Gasteiger partial charge in [-0.2, -0.15) is 5.26 Å². The molecule has 4 rings (SSSR count). The van der Waals surface area contributed by atoms with E-state index in [1.807, 2.05) is 19.4 Å². The van der Waals surface area contributed by atoms with Gasteiger partial charge in [0.2, 0.25) is 0 Å². The van der Waals surface area contributed by atoms with Gasteiger partial charge < -0.3 is 9.47 Å². The fourth-order valence-corrected chi connectivity index (χ4v) is 3.81. The van der Waals surface area contributed by atoms with Crippen LogP contribution in [0.25, 0.3) is 0 Å². The van der Waals surface area contributed by atoms with E-state index in [0.29, 0.717) is 0 Å². The zero-order valence-electron chi connectivity index (χ0n) is 14.8. The first-order valence-corrected chi connectivity index (χ1v) is 9.11. The molecule has 0 radical (unpaired) electrons. The zero-order valence-corrected chi connectivity index (χ0v) is 14.8. The number of hydrogen-bond donors (Lipinski definition) is 0. The monoisotopic (exact) mass is 336 g/mol. The Hall–Kier alpha value is -2.39. The van der Waals surface area contributed by atoms with Gasteiger partial charge in [-0.3, -0.25) is 4.90 Å². The number of piperazine rings is 1. The van der Waals surface area contributed by atoms with Crippen LogP contribution in [0.4, 0.5) is 5.82 Å². The Morgan fingerprint density at radius 3 is 2.68 bits per heavy atom. The molecule has 0 saturated carbocycles. The molecule has 0 atom stereocenters. The minimum Gasteiger partial charge on any atom is -0.353 e. The normalized spacial score (nSPS) is 18.0. The third-order valence-corrected chi connectivity index (χ3v) is 5.36. The number of hydrogen-bond acceptors (Lipinski definition) is 5. The summed E-state index contributed by atoms with van der Waals surface area (Å²) in [5.41, 5.74) is 3.22. The van der Waals surface area contributed by atoms with Crippen molar-refractivity contribution < 1.29 is 0 Å². The molecule has 0 unspecified atom stereocenters. The van der Waals surface area contributed by atoms with E-state index >= 15 is 0 Å². The third-order valence-electron chi connectivity index (χ3n) is 5.36. The molecule has 1 fully saturated rings.